The van der Waals surface area contributed by atoms with Crippen LogP contribution in [-0.4, -0.2) is 51.8 Å². The number of hydrogen-bond donors (Lipinski definition) is 2. The number of ether oxygens (including phenoxy) is 1. The number of rotatable bonds is 4. The fourth-order valence-electron chi connectivity index (χ4n) is 5.33. The lowest BCUT2D eigenvalue weighted by Crippen LogP contribution is -2.51. The zero-order valence-corrected chi connectivity index (χ0v) is 19.3. The Morgan fingerprint density at radius 3 is 2.77 bits per heavy atom. The molecule has 2 aromatic carbocycles. The quantitative estimate of drug-likeness (QED) is 0.437. The summed E-state index contributed by atoms with van der Waals surface area (Å²) in [6.45, 7) is 3.76. The van der Waals surface area contributed by atoms with E-state index in [1.807, 2.05) is 13.0 Å². The van der Waals surface area contributed by atoms with Crippen molar-refractivity contribution in [1.82, 2.24) is 20.3 Å². The number of nitrogens with zero attached hydrogens (tertiary/aromatic N) is 4. The molecule has 6 rings (SSSR count). The van der Waals surface area contributed by atoms with E-state index in [2.05, 4.69) is 31.1 Å². The summed E-state index contributed by atoms with van der Waals surface area (Å²) in [5, 5.41) is 15.8. The van der Waals surface area contributed by atoms with E-state index in [0.717, 1.165) is 25.9 Å². The molecule has 35 heavy (non-hydrogen) atoms. The number of nitrogens with one attached hydrogen (secondary N) is 1. The second kappa shape index (κ2) is 8.36. The Hall–Kier alpha value is -3.96. The number of halogens is 1. The van der Waals surface area contributed by atoms with E-state index in [0.29, 0.717) is 51.8 Å². The summed E-state index contributed by atoms with van der Waals surface area (Å²) in [4.78, 5) is 15.7. The minimum Gasteiger partial charge on any atom is -0.508 e. The summed E-state index contributed by atoms with van der Waals surface area (Å²) in [6.07, 6.45) is 9.57. The number of anilines is 1. The number of pyridine rings is 1. The third-order valence-electron chi connectivity index (χ3n) is 6.81. The van der Waals surface area contributed by atoms with Crippen molar-refractivity contribution in [3.05, 3.63) is 47.9 Å². The Labute approximate surface area is 202 Å². The van der Waals surface area contributed by atoms with Crippen molar-refractivity contribution in [3.63, 3.8) is 0 Å². The van der Waals surface area contributed by atoms with Crippen molar-refractivity contribution < 1.29 is 14.2 Å². The highest BCUT2D eigenvalue weighted by Crippen LogP contribution is 2.38. The van der Waals surface area contributed by atoms with Gasteiger partial charge in [0.25, 0.3) is 0 Å². The first-order valence-corrected chi connectivity index (χ1v) is 11.8. The molecule has 176 valence electrons. The van der Waals surface area contributed by atoms with Crippen LogP contribution in [0.25, 0.3) is 32.9 Å². The number of aromatic hydroxyl groups is 1. The normalized spacial score (nSPS) is 19.3. The van der Waals surface area contributed by atoms with Gasteiger partial charge >= 0.3 is 6.01 Å². The summed E-state index contributed by atoms with van der Waals surface area (Å²) in [6, 6.07) is 9.39. The number of phenolic OH excluding ortho intramolecular Hbond substituents is 1. The van der Waals surface area contributed by atoms with Gasteiger partial charge in [-0.2, -0.15) is 9.97 Å². The Kier molecular flexibility index (Phi) is 5.15. The molecule has 2 aliphatic rings. The van der Waals surface area contributed by atoms with E-state index in [9.17, 15) is 5.11 Å². The van der Waals surface area contributed by atoms with Crippen molar-refractivity contribution in [2.45, 2.75) is 31.8 Å². The van der Waals surface area contributed by atoms with Crippen LogP contribution in [0.15, 0.2) is 36.5 Å². The summed E-state index contributed by atoms with van der Waals surface area (Å²) in [5.74, 6) is 2.67. The van der Waals surface area contributed by atoms with E-state index in [4.69, 9.17) is 11.2 Å². The molecule has 2 N–H and O–H groups in total. The topological polar surface area (TPSA) is 83.4 Å². The largest absolute Gasteiger partial charge is 0.508 e. The summed E-state index contributed by atoms with van der Waals surface area (Å²) in [5.41, 5.74) is 1.19. The van der Waals surface area contributed by atoms with E-state index in [-0.39, 0.29) is 23.0 Å². The van der Waals surface area contributed by atoms with Gasteiger partial charge < -0.3 is 20.1 Å². The maximum atomic E-state index is 16.2. The Balaban J connectivity index is 1.58. The summed E-state index contributed by atoms with van der Waals surface area (Å²) >= 11 is 0. The van der Waals surface area contributed by atoms with Gasteiger partial charge in [-0.15, -0.1) is 6.42 Å². The van der Waals surface area contributed by atoms with Crippen LogP contribution in [0, 0.1) is 18.2 Å². The van der Waals surface area contributed by atoms with E-state index >= 15 is 4.39 Å². The third kappa shape index (κ3) is 3.60. The van der Waals surface area contributed by atoms with Crippen LogP contribution < -0.4 is 15.0 Å². The highest BCUT2D eigenvalue weighted by molar-refractivity contribution is 6.02. The van der Waals surface area contributed by atoms with Gasteiger partial charge in [0.15, 0.2) is 5.82 Å². The average Bonchev–Trinajstić information content (AvgIpc) is 3.20. The summed E-state index contributed by atoms with van der Waals surface area (Å²) in [7, 11) is 0. The van der Waals surface area contributed by atoms with Crippen LogP contribution in [0.4, 0.5) is 10.2 Å². The molecular formula is C27H24FN5O2. The maximum absolute atomic E-state index is 16.2. The molecule has 0 amide bonds. The molecule has 2 aromatic heterocycles. The lowest BCUT2D eigenvalue weighted by Gasteiger charge is -2.34. The van der Waals surface area contributed by atoms with E-state index in [1.165, 1.54) is 6.07 Å². The van der Waals surface area contributed by atoms with Crippen molar-refractivity contribution in [2.75, 3.05) is 24.6 Å². The molecule has 0 spiro atoms. The van der Waals surface area contributed by atoms with E-state index in [1.54, 1.807) is 24.4 Å². The van der Waals surface area contributed by atoms with Gasteiger partial charge in [-0.1, -0.05) is 18.1 Å². The second-order valence-corrected chi connectivity index (χ2v) is 9.03. The average molecular weight is 470 g/mol. The number of terminal acetylenes is 1. The first-order valence-electron chi connectivity index (χ1n) is 11.8. The van der Waals surface area contributed by atoms with Crippen LogP contribution in [-0.2, 0) is 0 Å². The number of phenols is 1. The van der Waals surface area contributed by atoms with Crippen LogP contribution in [0.3, 0.4) is 0 Å². The molecular weight excluding hydrogens is 445 g/mol. The van der Waals surface area contributed by atoms with E-state index < -0.39 is 5.82 Å². The predicted octanol–water partition coefficient (Wildman–Crippen LogP) is 4.01. The minimum absolute atomic E-state index is 0.00218. The van der Waals surface area contributed by atoms with Crippen LogP contribution in [0.2, 0.25) is 0 Å². The smallest absolute Gasteiger partial charge is 0.319 e. The molecule has 2 aliphatic heterocycles. The predicted molar refractivity (Wildman–Crippen MR) is 133 cm³/mol. The molecule has 7 nitrogen and oxygen atoms in total. The maximum Gasteiger partial charge on any atom is 0.319 e. The zero-order valence-electron chi connectivity index (χ0n) is 19.3. The van der Waals surface area contributed by atoms with Crippen molar-refractivity contribution in [2.24, 2.45) is 0 Å². The van der Waals surface area contributed by atoms with Gasteiger partial charge in [0.2, 0.25) is 0 Å². The van der Waals surface area contributed by atoms with Crippen molar-refractivity contribution in [1.29, 1.82) is 0 Å². The lowest BCUT2D eigenvalue weighted by atomic mass is 9.96. The highest BCUT2D eigenvalue weighted by atomic mass is 19.1. The first kappa shape index (κ1) is 21.6. The molecule has 8 heteroatoms. The van der Waals surface area contributed by atoms with Gasteiger partial charge in [-0.25, -0.2) is 4.39 Å². The van der Waals surface area contributed by atoms with Crippen molar-refractivity contribution >= 4 is 27.5 Å². The van der Waals surface area contributed by atoms with Crippen molar-refractivity contribution in [3.8, 4) is 35.4 Å². The van der Waals surface area contributed by atoms with Crippen LogP contribution in [0.5, 0.6) is 11.8 Å². The van der Waals surface area contributed by atoms with Gasteiger partial charge in [0.05, 0.1) is 12.0 Å². The minimum atomic E-state index is -0.607. The zero-order chi connectivity index (χ0) is 24.1. The third-order valence-corrected chi connectivity index (χ3v) is 6.81. The fourth-order valence-corrected chi connectivity index (χ4v) is 5.33. The number of benzene rings is 2. The SMILES string of the molecule is C#Cc1cccc2cc(O)cc(-c3ncc4c(N5CC6CCC(C5)N6)nc(OCC)nc4c3F)c12. The molecule has 2 saturated heterocycles. The molecule has 2 fully saturated rings. The molecule has 2 unspecified atom stereocenters. The number of piperazine rings is 1. The second-order valence-electron chi connectivity index (χ2n) is 9.03. The monoisotopic (exact) mass is 469 g/mol. The highest BCUT2D eigenvalue weighted by Gasteiger charge is 2.34. The summed E-state index contributed by atoms with van der Waals surface area (Å²) < 4.78 is 21.8. The Bertz CT molecular complexity index is 1500. The molecule has 2 bridgehead atoms. The van der Waals surface area contributed by atoms with Crippen LogP contribution >= 0.6 is 0 Å². The molecule has 4 heterocycles. The number of hydrogen-bond acceptors (Lipinski definition) is 7. The van der Waals surface area contributed by atoms with Gasteiger partial charge in [-0.05, 0) is 43.4 Å². The van der Waals surface area contributed by atoms with Gasteiger partial charge in [0, 0.05) is 47.9 Å². The standard InChI is InChI=1S/C27H24FN5O2/c1-3-15-6-5-7-16-10-19(34)11-20(22(15)16)24-23(28)25-21(12-29-24)26(32-27(31-25)35-4-2)33-13-17-8-9-18(14-33)30-17/h1,5-7,10-12,17-18,30,34H,4,8-9,13-14H2,2H3. The first-order chi connectivity index (χ1) is 17.1. The molecule has 2 atom stereocenters. The number of fused-ring (bicyclic) bond motifs is 4. The van der Waals surface area contributed by atoms with Crippen LogP contribution in [0.1, 0.15) is 25.3 Å². The van der Waals surface area contributed by atoms with Gasteiger partial charge in [0.1, 0.15) is 22.8 Å². The molecule has 0 radical (unpaired) electrons. The number of aromatic nitrogens is 3. The Morgan fingerprint density at radius 1 is 1.23 bits per heavy atom. The molecule has 0 saturated carbocycles. The lowest BCUT2D eigenvalue weighted by molar-refractivity contribution is 0.313. The molecule has 0 aliphatic carbocycles. The fraction of sp³-hybridized carbons (Fsp3) is 0.296. The van der Waals surface area contributed by atoms with Gasteiger partial charge in [-0.3, -0.25) is 4.98 Å². The molecule has 4 aromatic rings. The Morgan fingerprint density at radius 2 is 2.03 bits per heavy atom.